The number of hydrogen-bond acceptors (Lipinski definition) is 6. The van der Waals surface area contributed by atoms with Gasteiger partial charge in [0, 0.05) is 12.0 Å². The summed E-state index contributed by atoms with van der Waals surface area (Å²) in [6.45, 7) is 5.31. The van der Waals surface area contributed by atoms with Crippen molar-refractivity contribution in [3.8, 4) is 5.75 Å². The summed E-state index contributed by atoms with van der Waals surface area (Å²) in [5, 5.41) is 0. The first-order valence-electron chi connectivity index (χ1n) is 8.91. The first-order chi connectivity index (χ1) is 12.4. The Hall–Kier alpha value is -1.64. The van der Waals surface area contributed by atoms with Crippen molar-refractivity contribution in [2.24, 2.45) is 5.41 Å². The van der Waals surface area contributed by atoms with E-state index < -0.39 is 16.0 Å². The van der Waals surface area contributed by atoms with Crippen LogP contribution in [-0.2, 0) is 19.6 Å². The van der Waals surface area contributed by atoms with Gasteiger partial charge in [-0.05, 0) is 44.6 Å². The SMILES string of the molecule is CCN1CCC2(CC1)COc1ccccc1S(=O)(=O)N(CC(=O)OC)C2. The molecule has 0 saturated carbocycles. The number of ether oxygens (including phenoxy) is 2. The van der Waals surface area contributed by atoms with E-state index in [1.54, 1.807) is 18.2 Å². The van der Waals surface area contributed by atoms with E-state index in [2.05, 4.69) is 11.8 Å². The third-order valence-electron chi connectivity index (χ3n) is 5.41. The van der Waals surface area contributed by atoms with Gasteiger partial charge in [0.05, 0.1) is 13.7 Å². The number of para-hydroxylation sites is 1. The molecule has 0 atom stereocenters. The highest BCUT2D eigenvalue weighted by atomic mass is 32.2. The summed E-state index contributed by atoms with van der Waals surface area (Å²) in [5.74, 6) is -0.215. The fraction of sp³-hybridized carbons (Fsp3) is 0.611. The fourth-order valence-electron chi connectivity index (χ4n) is 3.65. The maximum atomic E-state index is 13.2. The number of nitrogens with zero attached hydrogens (tertiary/aromatic N) is 2. The van der Waals surface area contributed by atoms with Crippen molar-refractivity contribution >= 4 is 16.0 Å². The first kappa shape index (κ1) is 19.1. The monoisotopic (exact) mass is 382 g/mol. The van der Waals surface area contributed by atoms with E-state index >= 15 is 0 Å². The Labute approximate surface area is 154 Å². The second kappa shape index (κ2) is 7.54. The summed E-state index contributed by atoms with van der Waals surface area (Å²) in [7, 11) is -2.58. The number of fused-ring (bicyclic) bond motifs is 1. The maximum absolute atomic E-state index is 13.2. The average Bonchev–Trinajstić information content (AvgIpc) is 2.66. The predicted octanol–water partition coefficient (Wildman–Crippen LogP) is 1.34. The van der Waals surface area contributed by atoms with Crippen LogP contribution in [0.3, 0.4) is 0 Å². The predicted molar refractivity (Wildman–Crippen MR) is 96.5 cm³/mol. The lowest BCUT2D eigenvalue weighted by Gasteiger charge is -2.44. The van der Waals surface area contributed by atoms with Crippen molar-refractivity contribution in [3.05, 3.63) is 24.3 Å². The summed E-state index contributed by atoms with van der Waals surface area (Å²) >= 11 is 0. The molecule has 1 aromatic rings. The molecule has 7 nitrogen and oxygen atoms in total. The lowest BCUT2D eigenvalue weighted by atomic mass is 9.79. The Morgan fingerprint density at radius 3 is 2.62 bits per heavy atom. The van der Waals surface area contributed by atoms with Gasteiger partial charge >= 0.3 is 5.97 Å². The number of carbonyl (C=O) groups is 1. The highest BCUT2D eigenvalue weighted by molar-refractivity contribution is 7.89. The number of benzene rings is 1. The van der Waals surface area contributed by atoms with Gasteiger partial charge in [-0.25, -0.2) is 8.42 Å². The second-order valence-electron chi connectivity index (χ2n) is 7.02. The standard InChI is InChI=1S/C18H26N2O5S/c1-3-19-10-8-18(9-11-19)13-20(12-17(21)24-2)26(22,23)16-7-5-4-6-15(16)25-14-18/h4-7H,3,8-14H2,1-2H3. The topological polar surface area (TPSA) is 76.2 Å². The molecule has 0 radical (unpaired) electrons. The van der Waals surface area contributed by atoms with Crippen LogP contribution < -0.4 is 4.74 Å². The molecule has 1 fully saturated rings. The molecule has 0 amide bonds. The lowest BCUT2D eigenvalue weighted by Crippen LogP contribution is -2.52. The first-order valence-corrected chi connectivity index (χ1v) is 10.4. The third-order valence-corrected chi connectivity index (χ3v) is 7.24. The minimum absolute atomic E-state index is 0.102. The molecule has 0 bridgehead atoms. The molecule has 0 N–H and O–H groups in total. The Morgan fingerprint density at radius 2 is 1.96 bits per heavy atom. The third kappa shape index (κ3) is 3.72. The van der Waals surface area contributed by atoms with Gasteiger partial charge in [-0.1, -0.05) is 19.1 Å². The molecule has 26 heavy (non-hydrogen) atoms. The van der Waals surface area contributed by atoms with Gasteiger partial charge in [-0.15, -0.1) is 0 Å². The van der Waals surface area contributed by atoms with Crippen molar-refractivity contribution in [3.63, 3.8) is 0 Å². The summed E-state index contributed by atoms with van der Waals surface area (Å²) < 4.78 is 38.4. The van der Waals surface area contributed by atoms with Crippen LogP contribution in [0.4, 0.5) is 0 Å². The largest absolute Gasteiger partial charge is 0.492 e. The smallest absolute Gasteiger partial charge is 0.321 e. The van der Waals surface area contributed by atoms with Crippen LogP contribution in [0.1, 0.15) is 19.8 Å². The molecular weight excluding hydrogens is 356 g/mol. The van der Waals surface area contributed by atoms with E-state index in [0.717, 1.165) is 32.5 Å². The molecule has 2 heterocycles. The molecule has 0 unspecified atom stereocenters. The number of piperidine rings is 1. The molecule has 144 valence electrons. The average molecular weight is 382 g/mol. The summed E-state index contributed by atoms with van der Waals surface area (Å²) in [6, 6.07) is 6.61. The highest BCUT2D eigenvalue weighted by Crippen LogP contribution is 2.39. The van der Waals surface area contributed by atoms with E-state index in [9.17, 15) is 13.2 Å². The van der Waals surface area contributed by atoms with Crippen molar-refractivity contribution in [2.45, 2.75) is 24.7 Å². The zero-order chi connectivity index (χ0) is 18.8. The van der Waals surface area contributed by atoms with Gasteiger partial charge in [0.25, 0.3) is 0 Å². The molecule has 2 aliphatic heterocycles. The maximum Gasteiger partial charge on any atom is 0.321 e. The molecule has 2 aliphatic rings. The number of sulfonamides is 1. The van der Waals surface area contributed by atoms with E-state index in [1.807, 2.05) is 0 Å². The van der Waals surface area contributed by atoms with Crippen LogP contribution in [0.2, 0.25) is 0 Å². The number of likely N-dealkylation sites (tertiary alicyclic amines) is 1. The van der Waals surface area contributed by atoms with Gasteiger partial charge in [0.2, 0.25) is 10.0 Å². The minimum atomic E-state index is -3.85. The van der Waals surface area contributed by atoms with Crippen molar-refractivity contribution in [1.29, 1.82) is 0 Å². The molecule has 1 spiro atoms. The van der Waals surface area contributed by atoms with Crippen molar-refractivity contribution < 1.29 is 22.7 Å². The molecule has 1 saturated heterocycles. The molecule has 0 aliphatic carbocycles. The van der Waals surface area contributed by atoms with E-state index in [4.69, 9.17) is 9.47 Å². The molecule has 0 aromatic heterocycles. The summed E-state index contributed by atoms with van der Waals surface area (Å²) in [4.78, 5) is 14.3. The quantitative estimate of drug-likeness (QED) is 0.735. The highest BCUT2D eigenvalue weighted by Gasteiger charge is 2.43. The second-order valence-corrected chi connectivity index (χ2v) is 8.93. The molecule has 8 heteroatoms. The number of esters is 1. The Bertz CT molecular complexity index is 757. The van der Waals surface area contributed by atoms with Crippen LogP contribution in [0.5, 0.6) is 5.75 Å². The zero-order valence-electron chi connectivity index (χ0n) is 15.3. The van der Waals surface area contributed by atoms with E-state index in [0.29, 0.717) is 12.4 Å². The number of carbonyl (C=O) groups excluding carboxylic acids is 1. The Morgan fingerprint density at radius 1 is 1.27 bits per heavy atom. The van der Waals surface area contributed by atoms with Crippen LogP contribution in [0, 0.1) is 5.41 Å². The van der Waals surface area contributed by atoms with Crippen LogP contribution in [-0.4, -0.2) is 70.0 Å². The summed E-state index contributed by atoms with van der Waals surface area (Å²) in [6.07, 6.45) is 1.66. The number of methoxy groups -OCH3 is 1. The van der Waals surface area contributed by atoms with Gasteiger partial charge in [-0.2, -0.15) is 4.31 Å². The molecule has 3 rings (SSSR count). The molecular formula is C18H26N2O5S. The van der Waals surface area contributed by atoms with Crippen molar-refractivity contribution in [2.75, 3.05) is 46.4 Å². The van der Waals surface area contributed by atoms with Crippen LogP contribution >= 0.6 is 0 Å². The van der Waals surface area contributed by atoms with Gasteiger partial charge in [0.1, 0.15) is 17.2 Å². The van der Waals surface area contributed by atoms with Gasteiger partial charge in [0.15, 0.2) is 0 Å². The lowest BCUT2D eigenvalue weighted by molar-refractivity contribution is -0.141. The normalized spacial score (nSPS) is 22.7. The number of hydrogen-bond donors (Lipinski definition) is 0. The zero-order valence-corrected chi connectivity index (χ0v) is 16.1. The van der Waals surface area contributed by atoms with Crippen LogP contribution in [0.15, 0.2) is 29.2 Å². The summed E-state index contributed by atoms with van der Waals surface area (Å²) in [5.41, 5.74) is -0.305. The Kier molecular flexibility index (Phi) is 5.55. The van der Waals surface area contributed by atoms with E-state index in [-0.39, 0.29) is 23.4 Å². The van der Waals surface area contributed by atoms with Crippen LogP contribution in [0.25, 0.3) is 0 Å². The molecule has 1 aromatic carbocycles. The van der Waals surface area contributed by atoms with Crippen molar-refractivity contribution in [1.82, 2.24) is 9.21 Å². The number of rotatable bonds is 3. The van der Waals surface area contributed by atoms with Gasteiger partial charge in [-0.3, -0.25) is 4.79 Å². The minimum Gasteiger partial charge on any atom is -0.492 e. The van der Waals surface area contributed by atoms with E-state index in [1.165, 1.54) is 17.5 Å². The fourth-order valence-corrected chi connectivity index (χ4v) is 5.28. The Balaban J connectivity index is 1.98. The van der Waals surface area contributed by atoms with Gasteiger partial charge < -0.3 is 14.4 Å².